The Labute approximate surface area is 145 Å². The third-order valence-electron chi connectivity index (χ3n) is 4.90. The van der Waals surface area contributed by atoms with Gasteiger partial charge in [-0.2, -0.15) is 5.10 Å². The van der Waals surface area contributed by atoms with Gasteiger partial charge in [0, 0.05) is 30.1 Å². The molecule has 1 N–H and O–H groups in total. The molecule has 0 spiro atoms. The Bertz CT molecular complexity index is 802. The van der Waals surface area contributed by atoms with Gasteiger partial charge in [-0.1, -0.05) is 17.7 Å². The van der Waals surface area contributed by atoms with E-state index in [0.29, 0.717) is 30.2 Å². The van der Waals surface area contributed by atoms with Crippen LogP contribution in [0.15, 0.2) is 18.2 Å². The lowest BCUT2D eigenvalue weighted by Gasteiger charge is -2.29. The number of amides is 1. The Hall–Kier alpha value is -1.85. The number of aromatic amines is 1. The maximum absolute atomic E-state index is 13.0. The Morgan fingerprint density at radius 2 is 2.21 bits per heavy atom. The van der Waals surface area contributed by atoms with Crippen molar-refractivity contribution in [2.75, 3.05) is 6.54 Å². The number of carbonyl (C=O) groups is 1. The van der Waals surface area contributed by atoms with Crippen molar-refractivity contribution in [3.05, 3.63) is 51.3 Å². The molecule has 0 bridgehead atoms. The Morgan fingerprint density at radius 3 is 3.04 bits per heavy atom. The number of benzene rings is 1. The Morgan fingerprint density at radius 1 is 1.38 bits per heavy atom. The zero-order valence-corrected chi connectivity index (χ0v) is 14.6. The number of ether oxygens (including phenoxy) is 1. The number of rotatable bonds is 1. The third-order valence-corrected chi connectivity index (χ3v) is 5.14. The molecule has 24 heavy (non-hydrogen) atoms. The van der Waals surface area contributed by atoms with Crippen LogP contribution in [-0.2, 0) is 24.1 Å². The molecule has 2 aromatic rings. The van der Waals surface area contributed by atoms with Crippen LogP contribution < -0.4 is 0 Å². The first-order valence-corrected chi connectivity index (χ1v) is 8.70. The maximum Gasteiger partial charge on any atom is 0.274 e. The van der Waals surface area contributed by atoms with Crippen molar-refractivity contribution in [1.29, 1.82) is 0 Å². The van der Waals surface area contributed by atoms with Gasteiger partial charge in [0.05, 0.1) is 17.9 Å². The minimum atomic E-state index is -0.0568. The van der Waals surface area contributed by atoms with Gasteiger partial charge >= 0.3 is 0 Å². The maximum atomic E-state index is 13.0. The van der Waals surface area contributed by atoms with E-state index < -0.39 is 0 Å². The van der Waals surface area contributed by atoms with E-state index in [-0.39, 0.29) is 18.1 Å². The second-order valence-electron chi connectivity index (χ2n) is 6.65. The van der Waals surface area contributed by atoms with E-state index in [1.54, 1.807) is 0 Å². The molecule has 5 nitrogen and oxygen atoms in total. The van der Waals surface area contributed by atoms with E-state index in [2.05, 4.69) is 16.3 Å². The number of carbonyl (C=O) groups excluding carboxylic acids is 1. The van der Waals surface area contributed by atoms with Crippen LogP contribution in [-0.4, -0.2) is 33.7 Å². The second-order valence-corrected chi connectivity index (χ2v) is 7.08. The molecule has 126 valence electrons. The van der Waals surface area contributed by atoms with Crippen molar-refractivity contribution in [1.82, 2.24) is 15.1 Å². The Balaban J connectivity index is 1.62. The number of fused-ring (bicyclic) bond motifs is 2. The number of hydrogen-bond donors (Lipinski definition) is 1. The minimum Gasteiger partial charge on any atom is -0.369 e. The summed E-state index contributed by atoms with van der Waals surface area (Å²) < 4.78 is 5.80. The van der Waals surface area contributed by atoms with Crippen LogP contribution in [0.1, 0.15) is 52.8 Å². The van der Waals surface area contributed by atoms with Crippen LogP contribution in [0.4, 0.5) is 0 Å². The predicted molar refractivity (Wildman–Crippen MR) is 91.2 cm³/mol. The molecule has 2 aliphatic rings. The van der Waals surface area contributed by atoms with Crippen LogP contribution in [0.25, 0.3) is 0 Å². The first-order valence-electron chi connectivity index (χ1n) is 8.32. The fraction of sp³-hybridized carbons (Fsp3) is 0.444. The molecule has 0 saturated carbocycles. The van der Waals surface area contributed by atoms with E-state index in [1.807, 2.05) is 30.9 Å². The molecule has 2 aliphatic heterocycles. The van der Waals surface area contributed by atoms with Crippen molar-refractivity contribution in [3.63, 3.8) is 0 Å². The highest BCUT2D eigenvalue weighted by Gasteiger charge is 2.32. The molecule has 4 rings (SSSR count). The van der Waals surface area contributed by atoms with Crippen LogP contribution >= 0.6 is 11.6 Å². The molecule has 0 aliphatic carbocycles. The van der Waals surface area contributed by atoms with E-state index in [1.165, 1.54) is 5.56 Å². The smallest absolute Gasteiger partial charge is 0.274 e. The first kappa shape index (κ1) is 15.7. The van der Waals surface area contributed by atoms with Gasteiger partial charge in [0.2, 0.25) is 0 Å². The standard InChI is InChI=1S/C18H20ClN3O2/c1-10-7-15-16(11(2)24-10)20-21-17(15)18(23)22-6-5-12-3-4-14(19)8-13(12)9-22/h3-4,8,10-11H,5-7,9H2,1-2H3,(H,20,21)/t10-,11+/m1/s1. The summed E-state index contributed by atoms with van der Waals surface area (Å²) in [7, 11) is 0. The summed E-state index contributed by atoms with van der Waals surface area (Å²) in [5.74, 6) is -0.0144. The number of aromatic nitrogens is 2. The van der Waals surface area contributed by atoms with Crippen LogP contribution in [0.3, 0.4) is 0 Å². The highest BCUT2D eigenvalue weighted by molar-refractivity contribution is 6.30. The van der Waals surface area contributed by atoms with Crippen LogP contribution in [0.5, 0.6) is 0 Å². The summed E-state index contributed by atoms with van der Waals surface area (Å²) in [5.41, 5.74) is 4.86. The lowest BCUT2D eigenvalue weighted by Crippen LogP contribution is -2.37. The average molecular weight is 346 g/mol. The summed E-state index contributed by atoms with van der Waals surface area (Å²) in [6.45, 7) is 5.30. The topological polar surface area (TPSA) is 58.2 Å². The van der Waals surface area contributed by atoms with Gasteiger partial charge in [-0.3, -0.25) is 9.89 Å². The highest BCUT2D eigenvalue weighted by Crippen LogP contribution is 2.31. The van der Waals surface area contributed by atoms with Crippen molar-refractivity contribution >= 4 is 17.5 Å². The summed E-state index contributed by atoms with van der Waals surface area (Å²) in [6.07, 6.45) is 1.60. The van der Waals surface area contributed by atoms with Gasteiger partial charge in [0.25, 0.3) is 5.91 Å². The fourth-order valence-corrected chi connectivity index (χ4v) is 3.89. The quantitative estimate of drug-likeness (QED) is 0.862. The fourth-order valence-electron chi connectivity index (χ4n) is 3.70. The number of H-pyrrole nitrogens is 1. The summed E-state index contributed by atoms with van der Waals surface area (Å²) in [4.78, 5) is 14.9. The molecule has 2 atom stereocenters. The molecule has 0 unspecified atom stereocenters. The monoisotopic (exact) mass is 345 g/mol. The summed E-state index contributed by atoms with van der Waals surface area (Å²) >= 11 is 6.10. The van der Waals surface area contributed by atoms with Gasteiger partial charge in [-0.25, -0.2) is 0 Å². The third kappa shape index (κ3) is 2.62. The molecule has 1 aromatic carbocycles. The van der Waals surface area contributed by atoms with Gasteiger partial charge in [0.15, 0.2) is 5.69 Å². The van der Waals surface area contributed by atoms with E-state index in [0.717, 1.165) is 23.2 Å². The van der Waals surface area contributed by atoms with Crippen molar-refractivity contribution < 1.29 is 9.53 Å². The predicted octanol–water partition coefficient (Wildman–Crippen LogP) is 3.28. The lowest BCUT2D eigenvalue weighted by atomic mass is 9.97. The van der Waals surface area contributed by atoms with Gasteiger partial charge in [0.1, 0.15) is 0 Å². The zero-order chi connectivity index (χ0) is 16.8. The highest BCUT2D eigenvalue weighted by atomic mass is 35.5. The molecule has 3 heterocycles. The average Bonchev–Trinajstić information content (AvgIpc) is 2.97. The number of nitrogens with zero attached hydrogens (tertiary/aromatic N) is 2. The summed E-state index contributed by atoms with van der Waals surface area (Å²) in [5, 5.41) is 8.02. The van der Waals surface area contributed by atoms with Crippen LogP contribution in [0, 0.1) is 0 Å². The molecular formula is C18H20ClN3O2. The number of halogens is 1. The van der Waals surface area contributed by atoms with E-state index in [9.17, 15) is 4.79 Å². The largest absolute Gasteiger partial charge is 0.369 e. The first-order chi connectivity index (χ1) is 11.5. The van der Waals surface area contributed by atoms with E-state index >= 15 is 0 Å². The van der Waals surface area contributed by atoms with Crippen molar-refractivity contribution in [2.45, 2.75) is 45.4 Å². The zero-order valence-electron chi connectivity index (χ0n) is 13.8. The molecule has 0 radical (unpaired) electrons. The SMILES string of the molecule is C[C@@H]1Cc2c(C(=O)N3CCc4ccc(Cl)cc4C3)n[nH]c2[C@H](C)O1. The number of nitrogens with one attached hydrogen (secondary N) is 1. The number of hydrogen-bond acceptors (Lipinski definition) is 3. The van der Waals surface area contributed by atoms with Crippen molar-refractivity contribution in [3.8, 4) is 0 Å². The van der Waals surface area contributed by atoms with Gasteiger partial charge < -0.3 is 9.64 Å². The molecule has 1 amide bonds. The normalized spacial score (nSPS) is 22.9. The van der Waals surface area contributed by atoms with Crippen LogP contribution in [0.2, 0.25) is 5.02 Å². The molecule has 0 saturated heterocycles. The van der Waals surface area contributed by atoms with Gasteiger partial charge in [-0.05, 0) is 43.5 Å². The summed E-state index contributed by atoms with van der Waals surface area (Å²) in [6, 6.07) is 5.91. The second kappa shape index (κ2) is 5.90. The van der Waals surface area contributed by atoms with Crippen molar-refractivity contribution in [2.24, 2.45) is 0 Å². The molecular weight excluding hydrogens is 326 g/mol. The molecule has 0 fully saturated rings. The minimum absolute atomic E-state index is 0.0144. The van der Waals surface area contributed by atoms with Gasteiger partial charge in [-0.15, -0.1) is 0 Å². The Kier molecular flexibility index (Phi) is 3.85. The molecule has 1 aromatic heterocycles. The molecule has 6 heteroatoms. The lowest BCUT2D eigenvalue weighted by molar-refractivity contribution is -0.00702. The van der Waals surface area contributed by atoms with E-state index in [4.69, 9.17) is 16.3 Å².